The smallest absolute Gasteiger partial charge is 0.327 e. The van der Waals surface area contributed by atoms with Gasteiger partial charge in [-0.15, -0.1) is 11.8 Å². The lowest BCUT2D eigenvalue weighted by Crippen LogP contribution is -2.41. The number of anilines is 2. The largest absolute Gasteiger partial charge is 0.508 e. The summed E-state index contributed by atoms with van der Waals surface area (Å²) in [5.74, 6) is -0.564. The first-order valence-corrected chi connectivity index (χ1v) is 9.33. The van der Waals surface area contributed by atoms with Crippen molar-refractivity contribution in [3.05, 3.63) is 42.5 Å². The number of phenolic OH excluding ortho intramolecular Hbond substituents is 1. The molecule has 0 aromatic heterocycles. The van der Waals surface area contributed by atoms with Crippen molar-refractivity contribution < 1.29 is 24.5 Å². The second-order valence-electron chi connectivity index (χ2n) is 5.67. The van der Waals surface area contributed by atoms with E-state index in [-0.39, 0.29) is 11.5 Å². The minimum Gasteiger partial charge on any atom is -0.508 e. The number of carbonyl (C=O) groups is 2. The zero-order valence-electron chi connectivity index (χ0n) is 15.1. The number of benzene rings is 2. The predicted octanol–water partition coefficient (Wildman–Crippen LogP) is 3.22. The van der Waals surface area contributed by atoms with Gasteiger partial charge in [0.15, 0.2) is 0 Å². The highest BCUT2D eigenvalue weighted by molar-refractivity contribution is 7.99. The summed E-state index contributed by atoms with van der Waals surface area (Å²) >= 11 is 1.23. The molecule has 2 aromatic rings. The second-order valence-corrected chi connectivity index (χ2v) is 6.73. The molecule has 8 heteroatoms. The molecule has 0 spiro atoms. The molecule has 0 saturated carbocycles. The van der Waals surface area contributed by atoms with Gasteiger partial charge >= 0.3 is 5.97 Å². The van der Waals surface area contributed by atoms with Crippen LogP contribution in [-0.2, 0) is 9.59 Å². The van der Waals surface area contributed by atoms with E-state index in [1.165, 1.54) is 18.7 Å². The fraction of sp³-hybridized carbons (Fsp3) is 0.263. The van der Waals surface area contributed by atoms with Gasteiger partial charge in [-0.3, -0.25) is 4.79 Å². The monoisotopic (exact) mass is 390 g/mol. The van der Waals surface area contributed by atoms with Crippen molar-refractivity contribution >= 4 is 35.0 Å². The number of aliphatic carboxylic acids is 1. The van der Waals surface area contributed by atoms with Crippen LogP contribution in [0, 0.1) is 0 Å². The molecule has 0 aliphatic heterocycles. The topological polar surface area (TPSA) is 108 Å². The van der Waals surface area contributed by atoms with Crippen LogP contribution >= 0.6 is 11.8 Å². The van der Waals surface area contributed by atoms with Gasteiger partial charge in [-0.1, -0.05) is 0 Å². The van der Waals surface area contributed by atoms with E-state index in [0.717, 1.165) is 11.4 Å². The third-order valence-corrected chi connectivity index (χ3v) is 4.64. The summed E-state index contributed by atoms with van der Waals surface area (Å²) < 4.78 is 5.41. The molecule has 0 fully saturated rings. The van der Waals surface area contributed by atoms with Gasteiger partial charge in [-0.05, 0) is 49.4 Å². The number of amides is 1. The highest BCUT2D eigenvalue weighted by Crippen LogP contribution is 2.33. The molecular formula is C19H22N2O5S. The van der Waals surface area contributed by atoms with Crippen molar-refractivity contribution in [3.63, 3.8) is 0 Å². The van der Waals surface area contributed by atoms with Gasteiger partial charge in [0.1, 0.15) is 17.5 Å². The Labute approximate surface area is 161 Å². The average molecular weight is 390 g/mol. The van der Waals surface area contributed by atoms with E-state index in [0.29, 0.717) is 17.2 Å². The van der Waals surface area contributed by atoms with Crippen molar-refractivity contribution in [1.29, 1.82) is 0 Å². The molecule has 4 N–H and O–H groups in total. The van der Waals surface area contributed by atoms with E-state index in [1.807, 2.05) is 31.2 Å². The minimum absolute atomic E-state index is 0.0705. The maximum Gasteiger partial charge on any atom is 0.327 e. The highest BCUT2D eigenvalue weighted by atomic mass is 32.2. The van der Waals surface area contributed by atoms with Crippen molar-refractivity contribution in [2.24, 2.45) is 0 Å². The molecule has 7 nitrogen and oxygen atoms in total. The number of aromatic hydroxyl groups is 1. The summed E-state index contributed by atoms with van der Waals surface area (Å²) in [5, 5.41) is 24.6. The zero-order chi connectivity index (χ0) is 19.8. The van der Waals surface area contributed by atoms with E-state index >= 15 is 0 Å². The van der Waals surface area contributed by atoms with Crippen LogP contribution in [0.1, 0.15) is 13.8 Å². The lowest BCUT2D eigenvalue weighted by Gasteiger charge is -2.16. The third kappa shape index (κ3) is 6.41. The van der Waals surface area contributed by atoms with Crippen LogP contribution in [0.2, 0.25) is 0 Å². The maximum atomic E-state index is 11.3. The Morgan fingerprint density at radius 1 is 1.19 bits per heavy atom. The molecule has 0 aliphatic carbocycles. The van der Waals surface area contributed by atoms with Crippen LogP contribution in [0.15, 0.2) is 47.4 Å². The molecule has 0 aliphatic rings. The number of hydrogen-bond acceptors (Lipinski definition) is 6. The van der Waals surface area contributed by atoms with Crippen LogP contribution < -0.4 is 15.4 Å². The number of phenols is 1. The molecule has 0 heterocycles. The molecule has 0 unspecified atom stereocenters. The van der Waals surface area contributed by atoms with Crippen LogP contribution in [0.5, 0.6) is 11.5 Å². The number of carbonyl (C=O) groups excluding carboxylic acids is 1. The number of ether oxygens (including phenoxy) is 1. The molecule has 0 saturated heterocycles. The molecule has 27 heavy (non-hydrogen) atoms. The second kappa shape index (κ2) is 9.72. The van der Waals surface area contributed by atoms with Gasteiger partial charge in [-0.25, -0.2) is 4.79 Å². The van der Waals surface area contributed by atoms with E-state index in [2.05, 4.69) is 10.6 Å². The SMILES string of the molecule is CCOc1ccc(Nc2ccc(O)cc2SC[C@H](NC(C)=O)C(=O)O)cc1. The van der Waals surface area contributed by atoms with Gasteiger partial charge in [0.05, 0.1) is 12.3 Å². The Morgan fingerprint density at radius 3 is 2.48 bits per heavy atom. The Balaban J connectivity index is 2.13. The fourth-order valence-electron chi connectivity index (χ4n) is 2.28. The van der Waals surface area contributed by atoms with Gasteiger partial charge < -0.3 is 25.6 Å². The van der Waals surface area contributed by atoms with Crippen LogP contribution in [0.3, 0.4) is 0 Å². The summed E-state index contributed by atoms with van der Waals surface area (Å²) in [6.45, 7) is 3.77. The summed E-state index contributed by atoms with van der Waals surface area (Å²) in [5.41, 5.74) is 1.54. The fourth-order valence-corrected chi connectivity index (χ4v) is 3.33. The maximum absolute atomic E-state index is 11.3. The molecule has 1 amide bonds. The Morgan fingerprint density at radius 2 is 1.89 bits per heavy atom. The Hall–Kier alpha value is -2.87. The Bertz CT molecular complexity index is 795. The highest BCUT2D eigenvalue weighted by Gasteiger charge is 2.19. The standard InChI is InChI=1S/C19H22N2O5S/c1-3-26-15-7-4-13(5-8-15)21-16-9-6-14(23)10-18(16)27-11-17(19(24)25)20-12(2)22/h4-10,17,21,23H,3,11H2,1-2H3,(H,20,22)(H,24,25)/t17-/m0/s1. The summed E-state index contributed by atoms with van der Waals surface area (Å²) in [4.78, 5) is 23.1. The molecule has 2 aromatic carbocycles. The van der Waals surface area contributed by atoms with E-state index in [9.17, 15) is 19.8 Å². The minimum atomic E-state index is -1.11. The predicted molar refractivity (Wildman–Crippen MR) is 105 cm³/mol. The number of hydrogen-bond donors (Lipinski definition) is 4. The molecule has 144 valence electrons. The number of carboxylic acid groups (broad SMARTS) is 1. The summed E-state index contributed by atoms with van der Waals surface area (Å²) in [6, 6.07) is 11.2. The zero-order valence-corrected chi connectivity index (χ0v) is 15.9. The van der Waals surface area contributed by atoms with Crippen molar-refractivity contribution in [1.82, 2.24) is 5.32 Å². The quantitative estimate of drug-likeness (QED) is 0.385. The van der Waals surface area contributed by atoms with Crippen molar-refractivity contribution in [2.75, 3.05) is 17.7 Å². The molecular weight excluding hydrogens is 368 g/mol. The average Bonchev–Trinajstić information content (AvgIpc) is 2.62. The third-order valence-electron chi connectivity index (χ3n) is 3.49. The summed E-state index contributed by atoms with van der Waals surface area (Å²) in [6.07, 6.45) is 0. The lowest BCUT2D eigenvalue weighted by molar-refractivity contribution is -0.140. The summed E-state index contributed by atoms with van der Waals surface area (Å²) in [7, 11) is 0. The first-order chi connectivity index (χ1) is 12.9. The molecule has 0 radical (unpaired) electrons. The first kappa shape index (κ1) is 20.4. The van der Waals surface area contributed by atoms with Gasteiger partial charge in [0, 0.05) is 23.3 Å². The molecule has 2 rings (SSSR count). The van der Waals surface area contributed by atoms with Gasteiger partial charge in [0.2, 0.25) is 5.91 Å². The normalized spacial score (nSPS) is 11.5. The van der Waals surface area contributed by atoms with Gasteiger partial charge in [0.25, 0.3) is 0 Å². The Kier molecular flexibility index (Phi) is 7.36. The number of nitrogens with one attached hydrogen (secondary N) is 2. The van der Waals surface area contributed by atoms with Crippen LogP contribution in [0.25, 0.3) is 0 Å². The van der Waals surface area contributed by atoms with Crippen molar-refractivity contribution in [3.8, 4) is 11.5 Å². The number of carboxylic acids is 1. The van der Waals surface area contributed by atoms with E-state index in [1.54, 1.807) is 18.2 Å². The lowest BCUT2D eigenvalue weighted by atomic mass is 10.2. The first-order valence-electron chi connectivity index (χ1n) is 8.34. The molecule has 1 atom stereocenters. The van der Waals surface area contributed by atoms with Crippen molar-refractivity contribution in [2.45, 2.75) is 24.8 Å². The van der Waals surface area contributed by atoms with E-state index in [4.69, 9.17) is 4.74 Å². The van der Waals surface area contributed by atoms with E-state index < -0.39 is 17.9 Å². The number of thioether (sulfide) groups is 1. The number of rotatable bonds is 9. The van der Waals surface area contributed by atoms with Crippen LogP contribution in [0.4, 0.5) is 11.4 Å². The molecule has 0 bridgehead atoms. The van der Waals surface area contributed by atoms with Gasteiger partial charge in [-0.2, -0.15) is 0 Å². The van der Waals surface area contributed by atoms with Crippen LogP contribution in [-0.4, -0.2) is 40.5 Å².